The molecule has 1 aromatic rings. The molecule has 1 aromatic carbocycles. The molecule has 0 radical (unpaired) electrons. The average molecular weight is 317 g/mol. The van der Waals surface area contributed by atoms with Gasteiger partial charge in [0, 0.05) is 32.2 Å². The average Bonchev–Trinajstić information content (AvgIpc) is 2.58. The van der Waals surface area contributed by atoms with Crippen molar-refractivity contribution in [3.05, 3.63) is 35.9 Å². The summed E-state index contributed by atoms with van der Waals surface area (Å²) in [5.41, 5.74) is 1.38. The van der Waals surface area contributed by atoms with Gasteiger partial charge in [0.15, 0.2) is 0 Å². The van der Waals surface area contributed by atoms with Crippen LogP contribution in [-0.4, -0.2) is 72.2 Å². The summed E-state index contributed by atoms with van der Waals surface area (Å²) >= 11 is 0. The minimum atomic E-state index is -0.791. The van der Waals surface area contributed by atoms with Crippen LogP contribution in [0.15, 0.2) is 30.3 Å². The highest BCUT2D eigenvalue weighted by Gasteiger charge is 2.33. The lowest BCUT2D eigenvalue weighted by Gasteiger charge is -2.44. The fraction of sp³-hybridized carbons (Fsp3) is 0.611. The van der Waals surface area contributed by atoms with E-state index in [4.69, 9.17) is 5.11 Å². The number of hydrogen-bond acceptors (Lipinski definition) is 3. The van der Waals surface area contributed by atoms with Gasteiger partial charge in [-0.2, -0.15) is 0 Å². The zero-order valence-electron chi connectivity index (χ0n) is 13.9. The highest BCUT2D eigenvalue weighted by Crippen LogP contribution is 2.35. The van der Waals surface area contributed by atoms with Gasteiger partial charge in [0.25, 0.3) is 0 Å². The molecule has 2 fully saturated rings. The molecule has 1 N–H and O–H groups in total. The SMILES string of the molecule is CN1CCC(C(c2ccccc2)N2CCN(C(=O)O)CC2)CC1. The quantitative estimate of drug-likeness (QED) is 0.930. The van der Waals surface area contributed by atoms with Gasteiger partial charge in [-0.05, 0) is 44.5 Å². The molecule has 23 heavy (non-hydrogen) atoms. The van der Waals surface area contributed by atoms with Crippen molar-refractivity contribution in [2.75, 3.05) is 46.3 Å². The van der Waals surface area contributed by atoms with E-state index in [1.54, 1.807) is 0 Å². The van der Waals surface area contributed by atoms with Gasteiger partial charge in [0.2, 0.25) is 0 Å². The van der Waals surface area contributed by atoms with Crippen molar-refractivity contribution in [3.63, 3.8) is 0 Å². The van der Waals surface area contributed by atoms with Gasteiger partial charge in [-0.1, -0.05) is 30.3 Å². The molecule has 0 saturated carbocycles. The van der Waals surface area contributed by atoms with Crippen LogP contribution in [0.5, 0.6) is 0 Å². The van der Waals surface area contributed by atoms with Crippen LogP contribution in [0, 0.1) is 5.92 Å². The Morgan fingerprint density at radius 2 is 1.65 bits per heavy atom. The number of amides is 1. The van der Waals surface area contributed by atoms with Crippen molar-refractivity contribution in [3.8, 4) is 0 Å². The Kier molecular flexibility index (Phi) is 5.18. The Morgan fingerprint density at radius 3 is 2.22 bits per heavy atom. The number of likely N-dealkylation sites (tertiary alicyclic amines) is 1. The zero-order chi connectivity index (χ0) is 16.2. The number of carboxylic acid groups (broad SMARTS) is 1. The van der Waals surface area contributed by atoms with Crippen molar-refractivity contribution in [1.82, 2.24) is 14.7 Å². The minimum absolute atomic E-state index is 0.417. The Hall–Kier alpha value is -1.59. The van der Waals surface area contributed by atoms with E-state index in [1.807, 2.05) is 0 Å². The normalized spacial score (nSPS) is 22.9. The fourth-order valence-corrected chi connectivity index (χ4v) is 3.97. The third-order valence-electron chi connectivity index (χ3n) is 5.33. The number of hydrogen-bond donors (Lipinski definition) is 1. The summed E-state index contributed by atoms with van der Waals surface area (Å²) in [5.74, 6) is 0.657. The number of benzene rings is 1. The van der Waals surface area contributed by atoms with Gasteiger partial charge in [-0.15, -0.1) is 0 Å². The lowest BCUT2D eigenvalue weighted by Crippen LogP contribution is -2.51. The molecule has 1 atom stereocenters. The zero-order valence-corrected chi connectivity index (χ0v) is 13.9. The number of carbonyl (C=O) groups is 1. The summed E-state index contributed by atoms with van der Waals surface area (Å²) in [7, 11) is 2.19. The first-order valence-corrected chi connectivity index (χ1v) is 8.60. The first-order chi connectivity index (χ1) is 11.1. The van der Waals surface area contributed by atoms with Crippen molar-refractivity contribution in [1.29, 1.82) is 0 Å². The van der Waals surface area contributed by atoms with E-state index in [1.165, 1.54) is 23.3 Å². The van der Waals surface area contributed by atoms with E-state index in [9.17, 15) is 4.79 Å². The number of piperazine rings is 1. The standard InChI is InChI=1S/C18H27N3O2/c1-19-9-7-16(8-10-19)17(15-5-3-2-4-6-15)20-11-13-21(14-12-20)18(22)23/h2-6,16-17H,7-14H2,1H3,(H,22,23). The van der Waals surface area contributed by atoms with Crippen LogP contribution in [0.4, 0.5) is 4.79 Å². The molecule has 2 saturated heterocycles. The first kappa shape index (κ1) is 16.3. The van der Waals surface area contributed by atoms with Gasteiger partial charge in [-0.3, -0.25) is 4.90 Å². The monoisotopic (exact) mass is 317 g/mol. The third kappa shape index (κ3) is 3.85. The molecule has 2 aliphatic heterocycles. The molecule has 5 heteroatoms. The van der Waals surface area contributed by atoms with E-state index in [2.05, 4.69) is 47.2 Å². The summed E-state index contributed by atoms with van der Waals surface area (Å²) in [6.07, 6.45) is 1.64. The molecule has 2 aliphatic rings. The van der Waals surface area contributed by atoms with Crippen LogP contribution in [0.25, 0.3) is 0 Å². The maximum atomic E-state index is 11.1. The van der Waals surface area contributed by atoms with Crippen LogP contribution in [0.2, 0.25) is 0 Å². The maximum absolute atomic E-state index is 11.1. The molecule has 1 unspecified atom stereocenters. The molecule has 126 valence electrons. The second kappa shape index (κ2) is 7.32. The molecule has 0 aliphatic carbocycles. The predicted molar refractivity (Wildman–Crippen MR) is 90.6 cm³/mol. The van der Waals surface area contributed by atoms with Crippen LogP contribution >= 0.6 is 0 Å². The van der Waals surface area contributed by atoms with Gasteiger partial charge in [-0.25, -0.2) is 4.79 Å². The lowest BCUT2D eigenvalue weighted by atomic mass is 9.84. The highest BCUT2D eigenvalue weighted by molar-refractivity contribution is 5.65. The molecule has 0 bridgehead atoms. The lowest BCUT2D eigenvalue weighted by molar-refractivity contribution is 0.0484. The summed E-state index contributed by atoms with van der Waals surface area (Å²) in [4.78, 5) is 17.6. The van der Waals surface area contributed by atoms with Gasteiger partial charge in [0.05, 0.1) is 0 Å². The van der Waals surface area contributed by atoms with Crippen LogP contribution < -0.4 is 0 Å². The molecule has 2 heterocycles. The Bertz CT molecular complexity index is 506. The van der Waals surface area contributed by atoms with E-state index in [0.717, 1.165) is 26.2 Å². The summed E-state index contributed by atoms with van der Waals surface area (Å²) in [6, 6.07) is 11.2. The van der Waals surface area contributed by atoms with Gasteiger partial charge in [0.1, 0.15) is 0 Å². The highest BCUT2D eigenvalue weighted by atomic mass is 16.4. The maximum Gasteiger partial charge on any atom is 0.407 e. The van der Waals surface area contributed by atoms with Gasteiger partial charge >= 0.3 is 6.09 Å². The van der Waals surface area contributed by atoms with Crippen molar-refractivity contribution in [2.45, 2.75) is 18.9 Å². The van der Waals surface area contributed by atoms with Crippen molar-refractivity contribution >= 4 is 6.09 Å². The Balaban J connectivity index is 1.75. The Labute approximate surface area is 138 Å². The molecule has 0 aromatic heterocycles. The minimum Gasteiger partial charge on any atom is -0.465 e. The molecule has 1 amide bonds. The van der Waals surface area contributed by atoms with Crippen LogP contribution in [0.1, 0.15) is 24.4 Å². The number of rotatable bonds is 3. The molecule has 0 spiro atoms. The van der Waals surface area contributed by atoms with E-state index < -0.39 is 6.09 Å². The van der Waals surface area contributed by atoms with Gasteiger partial charge < -0.3 is 14.9 Å². The van der Waals surface area contributed by atoms with E-state index in [-0.39, 0.29) is 0 Å². The second-order valence-corrected chi connectivity index (χ2v) is 6.80. The van der Waals surface area contributed by atoms with Crippen LogP contribution in [0.3, 0.4) is 0 Å². The molecule has 5 nitrogen and oxygen atoms in total. The molecular weight excluding hydrogens is 290 g/mol. The third-order valence-corrected chi connectivity index (χ3v) is 5.33. The largest absolute Gasteiger partial charge is 0.465 e. The number of nitrogens with zero attached hydrogens (tertiary/aromatic N) is 3. The molecular formula is C18H27N3O2. The van der Waals surface area contributed by atoms with E-state index >= 15 is 0 Å². The summed E-state index contributed by atoms with van der Waals surface area (Å²) in [5, 5.41) is 9.16. The predicted octanol–water partition coefficient (Wildman–Crippen LogP) is 2.37. The Morgan fingerprint density at radius 1 is 1.04 bits per heavy atom. The summed E-state index contributed by atoms with van der Waals surface area (Å²) < 4.78 is 0. The van der Waals surface area contributed by atoms with Crippen molar-refractivity contribution < 1.29 is 9.90 Å². The summed E-state index contributed by atoms with van der Waals surface area (Å²) in [6.45, 7) is 5.21. The molecule has 3 rings (SSSR count). The van der Waals surface area contributed by atoms with Crippen molar-refractivity contribution in [2.24, 2.45) is 5.92 Å². The van der Waals surface area contributed by atoms with E-state index in [0.29, 0.717) is 25.0 Å². The fourth-order valence-electron chi connectivity index (χ4n) is 3.97. The second-order valence-electron chi connectivity index (χ2n) is 6.80. The topological polar surface area (TPSA) is 47.0 Å². The first-order valence-electron chi connectivity index (χ1n) is 8.60. The number of piperidine rings is 1. The smallest absolute Gasteiger partial charge is 0.407 e. The van der Waals surface area contributed by atoms with Crippen LogP contribution in [-0.2, 0) is 0 Å².